The molecule has 0 atom stereocenters. The Bertz CT molecular complexity index is 760. The zero-order valence-electron chi connectivity index (χ0n) is 14.0. The number of ether oxygens (including phenoxy) is 2. The third kappa shape index (κ3) is 5.07. The third-order valence-electron chi connectivity index (χ3n) is 3.31. The second-order valence-corrected chi connectivity index (χ2v) is 4.95. The molecule has 7 heteroatoms. The first kappa shape index (κ1) is 18.0. The van der Waals surface area contributed by atoms with Crippen molar-refractivity contribution in [3.8, 4) is 11.5 Å². The zero-order valence-corrected chi connectivity index (χ0v) is 14.0. The number of carbonyl (C=O) groups excluding carboxylic acids is 2. The topological polar surface area (TPSA) is 89.0 Å². The molecular weight excluding hydrogens is 322 g/mol. The minimum Gasteiger partial charge on any atom is -0.493 e. The Kier molecular flexibility index (Phi) is 6.53. The Balaban J connectivity index is 1.91. The minimum absolute atomic E-state index is 0.264. The largest absolute Gasteiger partial charge is 0.493 e. The quantitative estimate of drug-likeness (QED) is 0.473. The Morgan fingerprint density at radius 3 is 2.44 bits per heavy atom. The first-order valence-corrected chi connectivity index (χ1v) is 7.52. The summed E-state index contributed by atoms with van der Waals surface area (Å²) < 4.78 is 10.4. The van der Waals surface area contributed by atoms with E-state index in [9.17, 15) is 9.59 Å². The zero-order chi connectivity index (χ0) is 18.1. The van der Waals surface area contributed by atoms with Gasteiger partial charge in [-0.1, -0.05) is 36.4 Å². The second-order valence-electron chi connectivity index (χ2n) is 4.95. The number of hydrogen-bond donors (Lipinski definition) is 2. The van der Waals surface area contributed by atoms with E-state index in [4.69, 9.17) is 9.47 Å². The van der Waals surface area contributed by atoms with Gasteiger partial charge in [0.15, 0.2) is 11.5 Å². The molecule has 0 aliphatic heterocycles. The molecule has 2 N–H and O–H groups in total. The van der Waals surface area contributed by atoms with Crippen molar-refractivity contribution < 1.29 is 19.1 Å². The van der Waals surface area contributed by atoms with E-state index in [-0.39, 0.29) is 6.54 Å². The number of benzene rings is 2. The van der Waals surface area contributed by atoms with Crippen LogP contribution in [0.25, 0.3) is 0 Å². The molecule has 7 nitrogen and oxygen atoms in total. The van der Waals surface area contributed by atoms with Crippen LogP contribution in [-0.2, 0) is 16.1 Å². The van der Waals surface area contributed by atoms with E-state index in [1.165, 1.54) is 20.4 Å². The summed E-state index contributed by atoms with van der Waals surface area (Å²) in [6.07, 6.45) is 1.38. The number of nitrogens with one attached hydrogen (secondary N) is 2. The molecule has 0 radical (unpaired) electrons. The summed E-state index contributed by atoms with van der Waals surface area (Å²) in [7, 11) is 3.03. The summed E-state index contributed by atoms with van der Waals surface area (Å²) in [4.78, 5) is 23.5. The van der Waals surface area contributed by atoms with Crippen LogP contribution in [0.1, 0.15) is 11.1 Å². The highest BCUT2D eigenvalue weighted by molar-refractivity contribution is 6.35. The first-order valence-electron chi connectivity index (χ1n) is 7.52. The maximum Gasteiger partial charge on any atom is 0.329 e. The summed E-state index contributed by atoms with van der Waals surface area (Å²) in [5, 5.41) is 6.30. The number of methoxy groups -OCH3 is 2. The van der Waals surface area contributed by atoms with Gasteiger partial charge in [-0.3, -0.25) is 9.59 Å². The van der Waals surface area contributed by atoms with Crippen LogP contribution in [0, 0.1) is 0 Å². The van der Waals surface area contributed by atoms with Crippen molar-refractivity contribution >= 4 is 18.0 Å². The van der Waals surface area contributed by atoms with Crippen molar-refractivity contribution in [2.75, 3.05) is 14.2 Å². The van der Waals surface area contributed by atoms with E-state index >= 15 is 0 Å². The summed E-state index contributed by atoms with van der Waals surface area (Å²) in [6.45, 7) is 0.264. The number of para-hydroxylation sites is 1. The van der Waals surface area contributed by atoms with Crippen LogP contribution >= 0.6 is 0 Å². The van der Waals surface area contributed by atoms with E-state index in [0.29, 0.717) is 17.1 Å². The molecule has 0 saturated carbocycles. The van der Waals surface area contributed by atoms with Crippen LogP contribution in [0.4, 0.5) is 0 Å². The number of nitrogens with zero attached hydrogens (tertiary/aromatic N) is 1. The Morgan fingerprint density at radius 2 is 1.76 bits per heavy atom. The van der Waals surface area contributed by atoms with Crippen LogP contribution in [-0.4, -0.2) is 32.2 Å². The lowest BCUT2D eigenvalue weighted by Gasteiger charge is -2.09. The normalized spacial score (nSPS) is 10.3. The van der Waals surface area contributed by atoms with Crippen LogP contribution in [0.15, 0.2) is 53.6 Å². The van der Waals surface area contributed by atoms with Gasteiger partial charge in [-0.2, -0.15) is 5.10 Å². The smallest absolute Gasteiger partial charge is 0.329 e. The summed E-state index contributed by atoms with van der Waals surface area (Å²) in [5.74, 6) is -0.595. The molecule has 130 valence electrons. The SMILES string of the molecule is COc1cccc(C=NNC(=O)C(=O)NCc2ccccc2)c1OC. The molecular formula is C18H19N3O4. The van der Waals surface area contributed by atoms with Crippen LogP contribution < -0.4 is 20.2 Å². The maximum absolute atomic E-state index is 11.7. The van der Waals surface area contributed by atoms with E-state index in [2.05, 4.69) is 15.8 Å². The molecule has 0 aliphatic rings. The van der Waals surface area contributed by atoms with Crippen LogP contribution in [0.5, 0.6) is 11.5 Å². The molecule has 25 heavy (non-hydrogen) atoms. The number of hydrogen-bond acceptors (Lipinski definition) is 5. The van der Waals surface area contributed by atoms with E-state index in [1.54, 1.807) is 18.2 Å². The van der Waals surface area contributed by atoms with Crippen molar-refractivity contribution in [1.82, 2.24) is 10.7 Å². The highest BCUT2D eigenvalue weighted by Gasteiger charge is 2.12. The molecule has 0 spiro atoms. The van der Waals surface area contributed by atoms with Crippen molar-refractivity contribution in [1.29, 1.82) is 0 Å². The summed E-state index contributed by atoms with van der Waals surface area (Å²) >= 11 is 0. The molecule has 0 fully saturated rings. The molecule has 0 bridgehead atoms. The van der Waals surface area contributed by atoms with Gasteiger partial charge < -0.3 is 14.8 Å². The highest BCUT2D eigenvalue weighted by atomic mass is 16.5. The maximum atomic E-state index is 11.7. The van der Waals surface area contributed by atoms with Crippen molar-refractivity contribution in [2.24, 2.45) is 5.10 Å². The number of carbonyl (C=O) groups is 2. The second kappa shape index (κ2) is 9.07. The fourth-order valence-corrected chi connectivity index (χ4v) is 2.08. The van der Waals surface area contributed by atoms with Gasteiger partial charge in [0.2, 0.25) is 0 Å². The van der Waals surface area contributed by atoms with E-state index < -0.39 is 11.8 Å². The Morgan fingerprint density at radius 1 is 1.00 bits per heavy atom. The molecule has 0 aromatic heterocycles. The minimum atomic E-state index is -0.853. The van der Waals surface area contributed by atoms with Gasteiger partial charge in [0.1, 0.15) is 0 Å². The highest BCUT2D eigenvalue weighted by Crippen LogP contribution is 2.29. The average molecular weight is 341 g/mol. The van der Waals surface area contributed by atoms with Crippen molar-refractivity contribution in [3.63, 3.8) is 0 Å². The Hall–Kier alpha value is -3.35. The fourth-order valence-electron chi connectivity index (χ4n) is 2.08. The summed E-state index contributed by atoms with van der Waals surface area (Å²) in [6, 6.07) is 14.5. The lowest BCUT2D eigenvalue weighted by Crippen LogP contribution is -2.37. The molecule has 0 saturated heterocycles. The van der Waals surface area contributed by atoms with Gasteiger partial charge in [-0.25, -0.2) is 5.43 Å². The molecule has 2 rings (SSSR count). The van der Waals surface area contributed by atoms with E-state index in [0.717, 1.165) is 5.56 Å². The summed E-state index contributed by atoms with van der Waals surface area (Å²) in [5.41, 5.74) is 3.68. The number of rotatable bonds is 6. The van der Waals surface area contributed by atoms with Gasteiger partial charge in [-0.05, 0) is 17.7 Å². The van der Waals surface area contributed by atoms with Gasteiger partial charge in [0.25, 0.3) is 0 Å². The molecule has 0 aliphatic carbocycles. The predicted molar refractivity (Wildman–Crippen MR) is 93.6 cm³/mol. The monoisotopic (exact) mass is 341 g/mol. The predicted octanol–water partition coefficient (Wildman–Crippen LogP) is 1.47. The lowest BCUT2D eigenvalue weighted by atomic mass is 10.2. The van der Waals surface area contributed by atoms with Gasteiger partial charge >= 0.3 is 11.8 Å². The lowest BCUT2D eigenvalue weighted by molar-refractivity contribution is -0.139. The number of amides is 2. The van der Waals surface area contributed by atoms with Crippen LogP contribution in [0.3, 0.4) is 0 Å². The average Bonchev–Trinajstić information content (AvgIpc) is 2.66. The fraction of sp³-hybridized carbons (Fsp3) is 0.167. The standard InChI is InChI=1S/C18H19N3O4/c1-24-15-10-6-9-14(16(15)25-2)12-20-21-18(23)17(22)19-11-13-7-4-3-5-8-13/h3-10,12H,11H2,1-2H3,(H,19,22)(H,21,23). The van der Waals surface area contributed by atoms with Crippen molar-refractivity contribution in [2.45, 2.75) is 6.54 Å². The molecule has 2 aromatic rings. The molecule has 2 amide bonds. The first-order chi connectivity index (χ1) is 12.2. The molecule has 0 heterocycles. The van der Waals surface area contributed by atoms with Gasteiger partial charge in [0.05, 0.1) is 20.4 Å². The molecule has 2 aromatic carbocycles. The van der Waals surface area contributed by atoms with Crippen LogP contribution in [0.2, 0.25) is 0 Å². The van der Waals surface area contributed by atoms with E-state index in [1.807, 2.05) is 30.3 Å². The molecule has 0 unspecified atom stereocenters. The van der Waals surface area contributed by atoms with Gasteiger partial charge in [-0.15, -0.1) is 0 Å². The number of hydrazone groups is 1. The third-order valence-corrected chi connectivity index (χ3v) is 3.31. The van der Waals surface area contributed by atoms with Gasteiger partial charge in [0, 0.05) is 12.1 Å². The Labute approximate surface area is 145 Å². The van der Waals surface area contributed by atoms with Crippen molar-refractivity contribution in [3.05, 3.63) is 59.7 Å².